The zero-order valence-electron chi connectivity index (χ0n) is 38.9. The van der Waals surface area contributed by atoms with Crippen LogP contribution < -0.4 is 0 Å². The summed E-state index contributed by atoms with van der Waals surface area (Å²) in [6.45, 7) is 3.93. The van der Waals surface area contributed by atoms with E-state index in [2.05, 4.69) is 50.3 Å². The number of rotatable bonds is 37. The molecule has 0 aromatic rings. The number of allylic oxidation sites excluding steroid dienone is 8. The molecule has 0 aromatic heterocycles. The lowest BCUT2D eigenvalue weighted by Crippen LogP contribution is -2.43. The van der Waals surface area contributed by atoms with Gasteiger partial charge in [0, 0.05) is 25.2 Å². The maximum atomic E-state index is 12.8. The van der Waals surface area contributed by atoms with E-state index >= 15 is 0 Å². The van der Waals surface area contributed by atoms with Crippen LogP contribution in [0, 0.1) is 5.92 Å². The SMILES string of the molecule is CCCCC/C=C\C/C=C\C/C=C\CCCCCCC(=O)O[C@H](COC(=O)CCC/C=C\C[C@H]1[C@@H](O)CC(O)O[C@@H]1/C=C/[C@@H](O)CCCCC)COP(=O)(O)OCC[N+](C)(C)C. The van der Waals surface area contributed by atoms with Crippen molar-refractivity contribution in [3.8, 4) is 0 Å². The molecule has 0 bridgehead atoms. The molecule has 358 valence electrons. The number of aliphatic hydroxyl groups excluding tert-OH is 3. The molecule has 0 aliphatic carbocycles. The number of quaternary nitrogens is 1. The molecule has 4 N–H and O–H groups in total. The van der Waals surface area contributed by atoms with Crippen molar-refractivity contribution in [3.63, 3.8) is 0 Å². The lowest BCUT2D eigenvalue weighted by Gasteiger charge is -2.36. The number of carbonyl (C=O) groups is 2. The Labute approximate surface area is 374 Å². The molecule has 0 aromatic carbocycles. The summed E-state index contributed by atoms with van der Waals surface area (Å²) in [4.78, 5) is 35.6. The third-order valence-corrected chi connectivity index (χ3v) is 11.3. The first-order chi connectivity index (χ1) is 29.7. The highest BCUT2D eigenvalue weighted by Gasteiger charge is 2.35. The number of phosphoric ester groups is 1. The van der Waals surface area contributed by atoms with Crippen molar-refractivity contribution in [2.75, 3.05) is 47.5 Å². The zero-order valence-corrected chi connectivity index (χ0v) is 39.8. The number of unbranched alkanes of at least 4 members (excludes halogenated alkanes) is 10. The fourth-order valence-electron chi connectivity index (χ4n) is 6.53. The fourth-order valence-corrected chi connectivity index (χ4v) is 7.27. The van der Waals surface area contributed by atoms with E-state index in [-0.39, 0.29) is 38.4 Å². The Hall–Kier alpha value is -2.45. The molecule has 1 fully saturated rings. The van der Waals surface area contributed by atoms with Crippen LogP contribution in [0.25, 0.3) is 0 Å². The van der Waals surface area contributed by atoms with Crippen molar-refractivity contribution in [2.45, 2.75) is 179 Å². The first kappa shape index (κ1) is 57.6. The summed E-state index contributed by atoms with van der Waals surface area (Å²) in [5.74, 6) is -1.33. The largest absolute Gasteiger partial charge is 0.472 e. The summed E-state index contributed by atoms with van der Waals surface area (Å²) < 4.78 is 39.9. The van der Waals surface area contributed by atoms with Gasteiger partial charge in [-0.2, -0.15) is 0 Å². The highest BCUT2D eigenvalue weighted by Crippen LogP contribution is 2.43. The van der Waals surface area contributed by atoms with Crippen molar-refractivity contribution >= 4 is 19.8 Å². The number of nitrogens with zero attached hydrogens (tertiary/aromatic N) is 1. The number of esters is 2. The second-order valence-electron chi connectivity index (χ2n) is 17.3. The molecular formula is C48H85NO12P+. The zero-order chi connectivity index (χ0) is 45.9. The van der Waals surface area contributed by atoms with E-state index in [4.69, 9.17) is 23.3 Å². The van der Waals surface area contributed by atoms with Crippen LogP contribution >= 0.6 is 7.82 Å². The van der Waals surface area contributed by atoms with E-state index in [0.717, 1.165) is 64.2 Å². The molecule has 1 aliphatic rings. The molecule has 0 saturated carbocycles. The van der Waals surface area contributed by atoms with Gasteiger partial charge in [-0.1, -0.05) is 120 Å². The van der Waals surface area contributed by atoms with Gasteiger partial charge in [0.1, 0.15) is 19.8 Å². The number of hydrogen-bond acceptors (Lipinski definition) is 11. The number of carbonyl (C=O) groups excluding carboxylic acids is 2. The minimum atomic E-state index is -4.46. The van der Waals surface area contributed by atoms with Gasteiger partial charge in [0.25, 0.3) is 0 Å². The van der Waals surface area contributed by atoms with Crippen LogP contribution in [0.4, 0.5) is 0 Å². The fraction of sp³-hybridized carbons (Fsp3) is 0.750. The van der Waals surface area contributed by atoms with Gasteiger partial charge in [-0.3, -0.25) is 18.6 Å². The summed E-state index contributed by atoms with van der Waals surface area (Å²) in [5.41, 5.74) is 0. The number of phosphoric acid groups is 1. The molecule has 1 rings (SSSR count). The molecule has 2 unspecified atom stereocenters. The van der Waals surface area contributed by atoms with Crippen LogP contribution in [0.2, 0.25) is 0 Å². The average molecular weight is 899 g/mol. The Balaban J connectivity index is 2.53. The molecule has 14 heteroatoms. The van der Waals surface area contributed by atoms with Gasteiger partial charge in [0.05, 0.1) is 46.1 Å². The number of ether oxygens (including phenoxy) is 3. The van der Waals surface area contributed by atoms with Gasteiger partial charge < -0.3 is 38.9 Å². The number of aliphatic hydroxyl groups is 3. The molecule has 13 nitrogen and oxygen atoms in total. The minimum Gasteiger partial charge on any atom is -0.462 e. The van der Waals surface area contributed by atoms with Gasteiger partial charge in [0.2, 0.25) is 0 Å². The van der Waals surface area contributed by atoms with Crippen LogP contribution in [0.15, 0.2) is 60.8 Å². The van der Waals surface area contributed by atoms with Gasteiger partial charge in [-0.15, -0.1) is 0 Å². The molecule has 0 radical (unpaired) electrons. The van der Waals surface area contributed by atoms with Gasteiger partial charge in [-0.05, 0) is 70.6 Å². The monoisotopic (exact) mass is 899 g/mol. The Morgan fingerprint density at radius 1 is 0.758 bits per heavy atom. The highest BCUT2D eigenvalue weighted by atomic mass is 31.2. The smallest absolute Gasteiger partial charge is 0.462 e. The van der Waals surface area contributed by atoms with Crippen LogP contribution in [0.3, 0.4) is 0 Å². The van der Waals surface area contributed by atoms with E-state index in [1.54, 1.807) is 12.2 Å². The van der Waals surface area contributed by atoms with Gasteiger partial charge in [0.15, 0.2) is 12.4 Å². The third kappa shape index (κ3) is 33.1. The molecule has 1 aliphatic heterocycles. The lowest BCUT2D eigenvalue weighted by atomic mass is 9.87. The van der Waals surface area contributed by atoms with Gasteiger partial charge in [-0.25, -0.2) is 4.57 Å². The number of likely N-dealkylation sites (N-methyl/N-ethyl adjacent to an activating group) is 1. The Morgan fingerprint density at radius 2 is 1.35 bits per heavy atom. The van der Waals surface area contributed by atoms with E-state index in [1.165, 1.54) is 19.3 Å². The van der Waals surface area contributed by atoms with E-state index in [0.29, 0.717) is 43.1 Å². The van der Waals surface area contributed by atoms with Crippen molar-refractivity contribution in [1.82, 2.24) is 0 Å². The van der Waals surface area contributed by atoms with E-state index < -0.39 is 57.1 Å². The predicted molar refractivity (Wildman–Crippen MR) is 246 cm³/mol. The van der Waals surface area contributed by atoms with Crippen LogP contribution in [-0.4, -0.2) is 115 Å². The Morgan fingerprint density at radius 3 is 2.03 bits per heavy atom. The molecule has 7 atom stereocenters. The lowest BCUT2D eigenvalue weighted by molar-refractivity contribution is -0.870. The molecule has 62 heavy (non-hydrogen) atoms. The minimum absolute atomic E-state index is 0.0196. The molecule has 0 spiro atoms. The Kier molecular flexibility index (Phi) is 33.3. The molecule has 1 saturated heterocycles. The van der Waals surface area contributed by atoms with Gasteiger partial charge >= 0.3 is 19.8 Å². The summed E-state index contributed by atoms with van der Waals surface area (Å²) >= 11 is 0. The van der Waals surface area contributed by atoms with E-state index in [1.807, 2.05) is 33.3 Å². The average Bonchev–Trinajstić information content (AvgIpc) is 3.20. The maximum absolute atomic E-state index is 12.8. The summed E-state index contributed by atoms with van der Waals surface area (Å²) in [5, 5.41) is 31.0. The summed E-state index contributed by atoms with van der Waals surface area (Å²) in [7, 11) is 1.30. The quantitative estimate of drug-likeness (QED) is 0.0153. The number of hydrogen-bond donors (Lipinski definition) is 4. The third-order valence-electron chi connectivity index (χ3n) is 10.3. The second-order valence-corrected chi connectivity index (χ2v) is 18.8. The predicted octanol–water partition coefficient (Wildman–Crippen LogP) is 9.35. The Bertz CT molecular complexity index is 1360. The first-order valence-corrected chi connectivity index (χ1v) is 24.9. The normalized spacial score (nSPS) is 20.8. The van der Waals surface area contributed by atoms with Crippen molar-refractivity contribution in [1.29, 1.82) is 0 Å². The standard InChI is InChI=1S/C48H84NO12P/c1-6-8-10-11-12-13-14-15-16-17-18-19-20-21-22-23-29-33-47(53)60-42(40-59-62(55,56)58-37-36-49(3,4)5)39-57-46(52)32-28-25-24-27-31-43-44(51)38-48(54)61-45(43)35-34-41(50)30-26-9-7-2/h12-13,15-16,18-19,24,27,34-35,41-45,48,50-51,54H,6-11,14,17,20-23,25-26,28-33,36-40H2,1-5H3/p+1/b13-12-,16-15-,19-18-,27-24-,35-34+/t41-,42+,43-,44-,45+,48?/m0/s1. The second kappa shape index (κ2) is 35.8. The van der Waals surface area contributed by atoms with Crippen LogP contribution in [-0.2, 0) is 37.4 Å². The van der Waals surface area contributed by atoms with Crippen LogP contribution in [0.5, 0.6) is 0 Å². The topological polar surface area (TPSA) is 178 Å². The van der Waals surface area contributed by atoms with Crippen molar-refractivity contribution in [3.05, 3.63) is 60.8 Å². The first-order valence-electron chi connectivity index (χ1n) is 23.4. The summed E-state index contributed by atoms with van der Waals surface area (Å²) in [6.07, 6.45) is 33.1. The van der Waals surface area contributed by atoms with E-state index in [9.17, 15) is 34.4 Å². The molecule has 0 amide bonds. The maximum Gasteiger partial charge on any atom is 0.472 e. The summed E-state index contributed by atoms with van der Waals surface area (Å²) in [6, 6.07) is 0. The van der Waals surface area contributed by atoms with Crippen LogP contribution in [0.1, 0.15) is 149 Å². The van der Waals surface area contributed by atoms with Crippen molar-refractivity contribution in [2.24, 2.45) is 5.92 Å². The molecular weight excluding hydrogens is 813 g/mol. The van der Waals surface area contributed by atoms with Crippen molar-refractivity contribution < 1.29 is 62.1 Å². The molecule has 1 heterocycles. The highest BCUT2D eigenvalue weighted by molar-refractivity contribution is 7.47.